The number of benzene rings is 4. The maximum absolute atomic E-state index is 3.53. The van der Waals surface area contributed by atoms with Crippen LogP contribution in [0, 0.1) is 0 Å². The maximum Gasteiger partial charge on any atom is 0.0434 e. The fourth-order valence-corrected chi connectivity index (χ4v) is 4.95. The quantitative estimate of drug-likeness (QED) is 0.276. The summed E-state index contributed by atoms with van der Waals surface area (Å²) in [6.45, 7) is 0. The van der Waals surface area contributed by atoms with Crippen LogP contribution < -0.4 is 0 Å². The Bertz CT molecular complexity index is 1200. The third kappa shape index (κ3) is 2.10. The Labute approximate surface area is 152 Å². The van der Waals surface area contributed by atoms with Crippen molar-refractivity contribution < 1.29 is 0 Å². The first-order valence-corrected chi connectivity index (χ1v) is 9.51. The molecular formula is C22H13BrS. The van der Waals surface area contributed by atoms with Gasteiger partial charge in [-0.05, 0) is 40.1 Å². The second kappa shape index (κ2) is 5.44. The third-order valence-corrected chi connectivity index (χ3v) is 6.28. The molecule has 0 radical (unpaired) electrons. The highest BCUT2D eigenvalue weighted by Gasteiger charge is 2.12. The Kier molecular flexibility index (Phi) is 3.22. The van der Waals surface area contributed by atoms with E-state index in [9.17, 15) is 0 Å². The minimum atomic E-state index is 1.11. The van der Waals surface area contributed by atoms with E-state index in [4.69, 9.17) is 0 Å². The van der Waals surface area contributed by atoms with Crippen molar-refractivity contribution in [2.45, 2.75) is 0 Å². The molecule has 0 aliphatic carbocycles. The fourth-order valence-electron chi connectivity index (χ4n) is 3.42. The number of fused-ring (bicyclic) bond motifs is 5. The highest BCUT2D eigenvalue weighted by atomic mass is 79.9. The van der Waals surface area contributed by atoms with Gasteiger partial charge in [-0.3, -0.25) is 0 Å². The number of hydrogen-bond donors (Lipinski definition) is 0. The molecule has 2 heteroatoms. The molecule has 5 rings (SSSR count). The fraction of sp³-hybridized carbons (Fsp3) is 0. The lowest BCUT2D eigenvalue weighted by Gasteiger charge is -2.05. The monoisotopic (exact) mass is 388 g/mol. The van der Waals surface area contributed by atoms with Crippen LogP contribution in [-0.4, -0.2) is 0 Å². The molecule has 0 spiro atoms. The van der Waals surface area contributed by atoms with Gasteiger partial charge in [-0.25, -0.2) is 0 Å². The van der Waals surface area contributed by atoms with Gasteiger partial charge in [-0.1, -0.05) is 76.6 Å². The first-order valence-electron chi connectivity index (χ1n) is 7.90. The summed E-state index contributed by atoms with van der Waals surface area (Å²) in [5, 5.41) is 5.37. The van der Waals surface area contributed by atoms with Gasteiger partial charge in [0, 0.05) is 24.6 Å². The lowest BCUT2D eigenvalue weighted by atomic mass is 9.98. The molecule has 4 aromatic carbocycles. The van der Waals surface area contributed by atoms with Crippen molar-refractivity contribution in [3.63, 3.8) is 0 Å². The average molecular weight is 389 g/mol. The highest BCUT2D eigenvalue weighted by molar-refractivity contribution is 9.10. The lowest BCUT2D eigenvalue weighted by molar-refractivity contribution is 1.63. The van der Waals surface area contributed by atoms with E-state index in [1.165, 1.54) is 42.1 Å². The minimum Gasteiger partial charge on any atom is -0.135 e. The van der Waals surface area contributed by atoms with Gasteiger partial charge in [0.25, 0.3) is 0 Å². The molecule has 114 valence electrons. The van der Waals surface area contributed by atoms with Gasteiger partial charge < -0.3 is 0 Å². The zero-order valence-electron chi connectivity index (χ0n) is 12.8. The second-order valence-corrected chi connectivity index (χ2v) is 7.92. The summed E-state index contributed by atoms with van der Waals surface area (Å²) in [7, 11) is 0. The molecule has 0 aliphatic rings. The summed E-state index contributed by atoms with van der Waals surface area (Å²) in [6, 6.07) is 28.4. The van der Waals surface area contributed by atoms with Crippen molar-refractivity contribution in [2.24, 2.45) is 0 Å². The molecule has 1 heterocycles. The zero-order chi connectivity index (χ0) is 16.1. The largest absolute Gasteiger partial charge is 0.135 e. The molecule has 0 fully saturated rings. The molecule has 0 saturated heterocycles. The van der Waals surface area contributed by atoms with Crippen molar-refractivity contribution in [3.8, 4) is 11.1 Å². The average Bonchev–Trinajstić information content (AvgIpc) is 3.02. The molecule has 0 atom stereocenters. The normalized spacial score (nSPS) is 11.5. The van der Waals surface area contributed by atoms with Crippen LogP contribution in [0.1, 0.15) is 0 Å². The van der Waals surface area contributed by atoms with Crippen molar-refractivity contribution in [2.75, 3.05) is 0 Å². The molecule has 1 aromatic heterocycles. The van der Waals surface area contributed by atoms with Crippen LogP contribution in [0.4, 0.5) is 0 Å². The van der Waals surface area contributed by atoms with Gasteiger partial charge in [0.05, 0.1) is 0 Å². The van der Waals surface area contributed by atoms with E-state index in [-0.39, 0.29) is 0 Å². The van der Waals surface area contributed by atoms with Crippen LogP contribution in [0.3, 0.4) is 0 Å². The second-order valence-electron chi connectivity index (χ2n) is 5.95. The van der Waals surface area contributed by atoms with Crippen molar-refractivity contribution in [3.05, 3.63) is 83.3 Å². The lowest BCUT2D eigenvalue weighted by Crippen LogP contribution is -1.79. The van der Waals surface area contributed by atoms with Gasteiger partial charge in [0.2, 0.25) is 0 Å². The highest BCUT2D eigenvalue weighted by Crippen LogP contribution is 2.42. The van der Waals surface area contributed by atoms with Crippen molar-refractivity contribution in [1.29, 1.82) is 0 Å². The summed E-state index contributed by atoms with van der Waals surface area (Å²) < 4.78 is 3.84. The van der Waals surface area contributed by atoms with Crippen LogP contribution in [0.2, 0.25) is 0 Å². The van der Waals surface area contributed by atoms with E-state index in [1.807, 2.05) is 11.3 Å². The molecule has 0 bridgehead atoms. The van der Waals surface area contributed by atoms with E-state index in [1.54, 1.807) is 0 Å². The standard InChI is InChI=1S/C22H13BrS/c23-16-11-8-15(9-12-16)17-6-3-7-20-21(17)19-13-10-14-4-1-2-5-18(14)22(19)24-20/h1-13H. The van der Waals surface area contributed by atoms with Crippen molar-refractivity contribution >= 4 is 58.2 Å². The Morgan fingerprint density at radius 1 is 0.667 bits per heavy atom. The molecule has 0 aliphatic heterocycles. The Morgan fingerprint density at radius 3 is 2.38 bits per heavy atom. The maximum atomic E-state index is 3.53. The Hall–Kier alpha value is -2.16. The van der Waals surface area contributed by atoms with E-state index >= 15 is 0 Å². The molecule has 0 amide bonds. The van der Waals surface area contributed by atoms with E-state index in [0.717, 1.165) is 4.47 Å². The molecule has 0 nitrogen and oxygen atoms in total. The molecular weight excluding hydrogens is 376 g/mol. The first kappa shape index (κ1) is 14.2. The number of rotatable bonds is 1. The molecule has 0 unspecified atom stereocenters. The van der Waals surface area contributed by atoms with Crippen LogP contribution >= 0.6 is 27.3 Å². The van der Waals surface area contributed by atoms with E-state index in [2.05, 4.69) is 94.8 Å². The predicted octanol–water partition coefficient (Wildman–Crippen LogP) is 7.64. The number of hydrogen-bond acceptors (Lipinski definition) is 1. The van der Waals surface area contributed by atoms with Gasteiger partial charge in [-0.15, -0.1) is 11.3 Å². The number of thiophene rings is 1. The van der Waals surface area contributed by atoms with E-state index < -0.39 is 0 Å². The summed E-state index contributed by atoms with van der Waals surface area (Å²) in [4.78, 5) is 0. The number of halogens is 1. The van der Waals surface area contributed by atoms with Gasteiger partial charge in [-0.2, -0.15) is 0 Å². The summed E-state index contributed by atoms with van der Waals surface area (Å²) in [5.41, 5.74) is 2.57. The van der Waals surface area contributed by atoms with Gasteiger partial charge >= 0.3 is 0 Å². The molecule has 0 saturated carbocycles. The Balaban J connectivity index is 1.92. The molecule has 5 aromatic rings. The molecule has 0 N–H and O–H groups in total. The third-order valence-electron chi connectivity index (χ3n) is 4.54. The van der Waals surface area contributed by atoms with Crippen LogP contribution in [-0.2, 0) is 0 Å². The topological polar surface area (TPSA) is 0 Å². The van der Waals surface area contributed by atoms with E-state index in [0.29, 0.717) is 0 Å². The smallest absolute Gasteiger partial charge is 0.0434 e. The minimum absolute atomic E-state index is 1.11. The van der Waals surface area contributed by atoms with Crippen LogP contribution in [0.5, 0.6) is 0 Å². The van der Waals surface area contributed by atoms with Gasteiger partial charge in [0.15, 0.2) is 0 Å². The van der Waals surface area contributed by atoms with Crippen LogP contribution in [0.25, 0.3) is 42.1 Å². The molecule has 24 heavy (non-hydrogen) atoms. The first-order chi connectivity index (χ1) is 11.8. The summed E-state index contributed by atoms with van der Waals surface area (Å²) in [6.07, 6.45) is 0. The Morgan fingerprint density at radius 2 is 1.50 bits per heavy atom. The van der Waals surface area contributed by atoms with Gasteiger partial charge in [0.1, 0.15) is 0 Å². The zero-order valence-corrected chi connectivity index (χ0v) is 15.2. The predicted molar refractivity (Wildman–Crippen MR) is 110 cm³/mol. The summed E-state index contributed by atoms with van der Waals surface area (Å²) >= 11 is 5.42. The van der Waals surface area contributed by atoms with Crippen molar-refractivity contribution in [1.82, 2.24) is 0 Å². The SMILES string of the molecule is Brc1ccc(-c2cccc3sc4c5ccccc5ccc4c23)cc1. The summed E-state index contributed by atoms with van der Waals surface area (Å²) in [5.74, 6) is 0. The van der Waals surface area contributed by atoms with Crippen LogP contribution in [0.15, 0.2) is 83.3 Å².